The summed E-state index contributed by atoms with van der Waals surface area (Å²) < 4.78 is 0. The molecular formula is C11H19NOS. The van der Waals surface area contributed by atoms with Crippen LogP contribution in [0, 0.1) is 6.92 Å². The lowest BCUT2D eigenvalue weighted by molar-refractivity contribution is 0.151. The maximum atomic E-state index is 9.52. The van der Waals surface area contributed by atoms with Crippen LogP contribution < -0.4 is 0 Å². The molecule has 0 aliphatic heterocycles. The average molecular weight is 213 g/mol. The number of aromatic nitrogens is 1. The first-order valence-electron chi connectivity index (χ1n) is 5.31. The topological polar surface area (TPSA) is 33.1 Å². The van der Waals surface area contributed by atoms with Gasteiger partial charge in [0.1, 0.15) is 0 Å². The molecule has 1 unspecified atom stereocenters. The van der Waals surface area contributed by atoms with Crippen LogP contribution in [0.4, 0.5) is 0 Å². The minimum absolute atomic E-state index is 0.110. The van der Waals surface area contributed by atoms with Crippen molar-refractivity contribution in [3.05, 3.63) is 16.1 Å². The van der Waals surface area contributed by atoms with E-state index in [1.165, 1.54) is 5.01 Å². The molecule has 0 bridgehead atoms. The van der Waals surface area contributed by atoms with Crippen LogP contribution in [0.1, 0.15) is 43.3 Å². The van der Waals surface area contributed by atoms with Crippen LogP contribution in [0.25, 0.3) is 0 Å². The molecule has 1 heterocycles. The van der Waals surface area contributed by atoms with Gasteiger partial charge in [-0.3, -0.25) is 0 Å². The van der Waals surface area contributed by atoms with Crippen molar-refractivity contribution in [1.82, 2.24) is 4.98 Å². The Kier molecular flexibility index (Phi) is 5.12. The molecule has 3 heteroatoms. The van der Waals surface area contributed by atoms with Crippen LogP contribution in [0.3, 0.4) is 0 Å². The van der Waals surface area contributed by atoms with E-state index in [9.17, 15) is 5.11 Å². The van der Waals surface area contributed by atoms with Crippen LogP contribution >= 0.6 is 11.3 Å². The lowest BCUT2D eigenvalue weighted by Gasteiger charge is -2.07. The molecule has 0 amide bonds. The van der Waals surface area contributed by atoms with E-state index < -0.39 is 0 Å². The maximum Gasteiger partial charge on any atom is 0.0928 e. The van der Waals surface area contributed by atoms with Crippen molar-refractivity contribution in [2.75, 3.05) is 0 Å². The lowest BCUT2D eigenvalue weighted by Crippen LogP contribution is -2.05. The number of aryl methyl sites for hydroxylation is 2. The molecule has 0 aliphatic rings. The van der Waals surface area contributed by atoms with Gasteiger partial charge < -0.3 is 5.11 Å². The van der Waals surface area contributed by atoms with Crippen LogP contribution in [0.15, 0.2) is 5.38 Å². The number of aliphatic hydroxyl groups excluding tert-OH is 1. The summed E-state index contributed by atoms with van der Waals surface area (Å²) in [5.41, 5.74) is 1.11. The Morgan fingerprint density at radius 3 is 2.86 bits per heavy atom. The van der Waals surface area contributed by atoms with Crippen LogP contribution in [-0.2, 0) is 6.42 Å². The van der Waals surface area contributed by atoms with Crippen LogP contribution in [-0.4, -0.2) is 16.2 Å². The summed E-state index contributed by atoms with van der Waals surface area (Å²) in [6.45, 7) is 4.12. The van der Waals surface area contributed by atoms with Gasteiger partial charge in [0.25, 0.3) is 0 Å². The molecule has 0 spiro atoms. The Morgan fingerprint density at radius 1 is 1.50 bits per heavy atom. The minimum atomic E-state index is -0.110. The van der Waals surface area contributed by atoms with Crippen molar-refractivity contribution >= 4 is 11.3 Å². The van der Waals surface area contributed by atoms with Crippen molar-refractivity contribution in [2.45, 2.75) is 52.1 Å². The number of hydrogen-bond acceptors (Lipinski definition) is 3. The Balaban J connectivity index is 2.15. The van der Waals surface area contributed by atoms with Crippen LogP contribution in [0.5, 0.6) is 0 Å². The fraction of sp³-hybridized carbons (Fsp3) is 0.727. The number of hydrogen-bond donors (Lipinski definition) is 1. The molecule has 1 aromatic heterocycles. The Morgan fingerprint density at radius 2 is 2.29 bits per heavy atom. The molecule has 1 atom stereocenters. The van der Waals surface area contributed by atoms with Gasteiger partial charge in [-0.2, -0.15) is 0 Å². The van der Waals surface area contributed by atoms with E-state index in [-0.39, 0.29) is 6.10 Å². The highest BCUT2D eigenvalue weighted by Gasteiger charge is 2.03. The number of nitrogens with zero attached hydrogens (tertiary/aromatic N) is 1. The van der Waals surface area contributed by atoms with Gasteiger partial charge in [0.2, 0.25) is 0 Å². The van der Waals surface area contributed by atoms with Gasteiger partial charge in [0.15, 0.2) is 0 Å². The van der Waals surface area contributed by atoms with Crippen LogP contribution in [0.2, 0.25) is 0 Å². The predicted molar refractivity (Wildman–Crippen MR) is 60.7 cm³/mol. The fourth-order valence-corrected chi connectivity index (χ4v) is 2.30. The SMILES string of the molecule is CCCC(O)CCCc1nc(C)cs1. The summed E-state index contributed by atoms with van der Waals surface area (Å²) in [7, 11) is 0. The Hall–Kier alpha value is -0.410. The summed E-state index contributed by atoms with van der Waals surface area (Å²) >= 11 is 1.72. The Labute approximate surface area is 90.0 Å². The van der Waals surface area contributed by atoms with Gasteiger partial charge in [0.05, 0.1) is 11.1 Å². The largest absolute Gasteiger partial charge is 0.393 e. The standard InChI is InChI=1S/C11H19NOS/c1-3-5-10(13)6-4-7-11-12-9(2)8-14-11/h8,10,13H,3-7H2,1-2H3. The van der Waals surface area contributed by atoms with Gasteiger partial charge in [-0.1, -0.05) is 13.3 Å². The Bertz CT molecular complexity index is 260. The average Bonchev–Trinajstić information content (AvgIpc) is 2.52. The van der Waals surface area contributed by atoms with E-state index in [4.69, 9.17) is 0 Å². The van der Waals surface area contributed by atoms with Gasteiger partial charge in [0, 0.05) is 11.1 Å². The first-order valence-corrected chi connectivity index (χ1v) is 6.19. The van der Waals surface area contributed by atoms with Gasteiger partial charge in [-0.25, -0.2) is 4.98 Å². The van der Waals surface area contributed by atoms with E-state index in [2.05, 4.69) is 17.3 Å². The minimum Gasteiger partial charge on any atom is -0.393 e. The zero-order valence-corrected chi connectivity index (χ0v) is 9.81. The zero-order valence-electron chi connectivity index (χ0n) is 8.99. The molecular weight excluding hydrogens is 194 g/mol. The zero-order chi connectivity index (χ0) is 10.4. The van der Waals surface area contributed by atoms with Gasteiger partial charge in [-0.05, 0) is 32.6 Å². The maximum absolute atomic E-state index is 9.52. The van der Waals surface area contributed by atoms with Gasteiger partial charge in [-0.15, -0.1) is 11.3 Å². The van der Waals surface area contributed by atoms with E-state index in [1.807, 2.05) is 6.92 Å². The fourth-order valence-electron chi connectivity index (χ4n) is 1.48. The number of rotatable bonds is 6. The molecule has 0 fully saturated rings. The third kappa shape index (κ3) is 4.20. The molecule has 80 valence electrons. The summed E-state index contributed by atoms with van der Waals surface area (Å²) in [5.74, 6) is 0. The van der Waals surface area contributed by atoms with E-state index in [0.717, 1.165) is 37.8 Å². The monoisotopic (exact) mass is 213 g/mol. The summed E-state index contributed by atoms with van der Waals surface area (Å²) in [4.78, 5) is 4.39. The molecule has 0 saturated heterocycles. The molecule has 14 heavy (non-hydrogen) atoms. The summed E-state index contributed by atoms with van der Waals surface area (Å²) in [6.07, 6.45) is 4.86. The van der Waals surface area contributed by atoms with E-state index in [1.54, 1.807) is 11.3 Å². The molecule has 1 aromatic rings. The molecule has 1 N–H and O–H groups in total. The first kappa shape index (κ1) is 11.7. The number of thiazole rings is 1. The van der Waals surface area contributed by atoms with Crippen molar-refractivity contribution < 1.29 is 5.11 Å². The third-order valence-electron chi connectivity index (χ3n) is 2.22. The summed E-state index contributed by atoms with van der Waals surface area (Å²) in [6, 6.07) is 0. The molecule has 0 aliphatic carbocycles. The second kappa shape index (κ2) is 6.14. The van der Waals surface area contributed by atoms with Crippen molar-refractivity contribution in [3.8, 4) is 0 Å². The van der Waals surface area contributed by atoms with Crippen molar-refractivity contribution in [2.24, 2.45) is 0 Å². The second-order valence-corrected chi connectivity index (χ2v) is 4.66. The molecule has 0 saturated carbocycles. The highest BCUT2D eigenvalue weighted by molar-refractivity contribution is 7.09. The molecule has 2 nitrogen and oxygen atoms in total. The normalized spacial score (nSPS) is 13.1. The molecule has 0 aromatic carbocycles. The highest BCUT2D eigenvalue weighted by atomic mass is 32.1. The number of aliphatic hydroxyl groups is 1. The highest BCUT2D eigenvalue weighted by Crippen LogP contribution is 2.13. The van der Waals surface area contributed by atoms with Crippen molar-refractivity contribution in [3.63, 3.8) is 0 Å². The predicted octanol–water partition coefficient (Wildman–Crippen LogP) is 2.94. The third-order valence-corrected chi connectivity index (χ3v) is 3.24. The quantitative estimate of drug-likeness (QED) is 0.788. The van der Waals surface area contributed by atoms with E-state index >= 15 is 0 Å². The molecule has 0 radical (unpaired) electrons. The van der Waals surface area contributed by atoms with Gasteiger partial charge >= 0.3 is 0 Å². The second-order valence-electron chi connectivity index (χ2n) is 3.72. The lowest BCUT2D eigenvalue weighted by atomic mass is 10.1. The van der Waals surface area contributed by atoms with Crippen molar-refractivity contribution in [1.29, 1.82) is 0 Å². The summed E-state index contributed by atoms with van der Waals surface area (Å²) in [5, 5.41) is 12.8. The van der Waals surface area contributed by atoms with E-state index in [0.29, 0.717) is 0 Å². The molecule has 1 rings (SSSR count). The smallest absolute Gasteiger partial charge is 0.0928 e. The first-order chi connectivity index (χ1) is 6.72.